The van der Waals surface area contributed by atoms with Crippen molar-refractivity contribution in [3.05, 3.63) is 0 Å². The molecule has 0 unspecified atom stereocenters. The van der Waals surface area contributed by atoms with Gasteiger partial charge >= 0.3 is 5.97 Å². The zero-order valence-electron chi connectivity index (χ0n) is 20.7. The predicted octanol–water partition coefficient (Wildman–Crippen LogP) is 1.26. The minimum absolute atomic E-state index is 0.112. The molecule has 3 aliphatic rings. The normalized spacial score (nSPS) is 32.3. The van der Waals surface area contributed by atoms with Crippen molar-refractivity contribution in [1.82, 2.24) is 0 Å². The van der Waals surface area contributed by atoms with E-state index in [-0.39, 0.29) is 5.41 Å². The lowest BCUT2D eigenvalue weighted by atomic mass is 9.57. The van der Waals surface area contributed by atoms with Crippen molar-refractivity contribution >= 4 is 18.2 Å². The van der Waals surface area contributed by atoms with Gasteiger partial charge in [0.2, 0.25) is 0 Å². The molecule has 0 aliphatic heterocycles. The summed E-state index contributed by atoms with van der Waals surface area (Å²) in [6.45, 7) is 4.05. The van der Waals surface area contributed by atoms with Gasteiger partial charge in [0.15, 0.2) is 12.6 Å². The van der Waals surface area contributed by atoms with Crippen molar-refractivity contribution in [2.24, 2.45) is 28.3 Å². The molecule has 3 fully saturated rings. The molecule has 0 aromatic rings. The van der Waals surface area contributed by atoms with Gasteiger partial charge in [-0.15, -0.1) is 0 Å². The van der Waals surface area contributed by atoms with Crippen LogP contribution < -0.4 is 10.0 Å². The Morgan fingerprint density at radius 2 is 1.79 bits per heavy atom. The summed E-state index contributed by atoms with van der Waals surface area (Å²) < 4.78 is 0. The SMILES string of the molecule is C[NH+](C)CCO/N=C/CC[C@H]1CC[C@]2(O)C[C@@H](C3CCCCC3)CC[C@]12C.O=C([O-])C(=O)O. The highest BCUT2D eigenvalue weighted by atomic mass is 16.6. The van der Waals surface area contributed by atoms with Gasteiger partial charge in [-0.2, -0.15) is 0 Å². The average Bonchev–Trinajstić information content (AvgIpc) is 3.04. The summed E-state index contributed by atoms with van der Waals surface area (Å²) in [4.78, 5) is 24.7. The molecule has 3 N–H and O–H groups in total. The number of rotatable bonds is 8. The molecular formula is C25H44N2O6. The first kappa shape index (κ1) is 27.6. The molecule has 0 spiro atoms. The molecule has 0 aromatic heterocycles. The minimum atomic E-state index is -2.07. The fourth-order valence-corrected chi connectivity index (χ4v) is 6.34. The highest BCUT2D eigenvalue weighted by Gasteiger charge is 2.58. The topological polar surface area (TPSA) is 124 Å². The number of carbonyl (C=O) groups is 2. The molecule has 4 atom stereocenters. The van der Waals surface area contributed by atoms with Crippen LogP contribution in [0.3, 0.4) is 0 Å². The van der Waals surface area contributed by atoms with Crippen LogP contribution in [-0.4, -0.2) is 61.2 Å². The smallest absolute Gasteiger partial charge is 0.351 e. The van der Waals surface area contributed by atoms with Crippen molar-refractivity contribution < 1.29 is 34.6 Å². The van der Waals surface area contributed by atoms with Crippen LogP contribution in [-0.2, 0) is 14.4 Å². The van der Waals surface area contributed by atoms with Crippen LogP contribution in [0.2, 0.25) is 0 Å². The first-order chi connectivity index (χ1) is 15.6. The molecule has 0 saturated heterocycles. The molecular weight excluding hydrogens is 424 g/mol. The molecule has 3 saturated carbocycles. The highest BCUT2D eigenvalue weighted by molar-refractivity contribution is 6.26. The average molecular weight is 469 g/mol. The largest absolute Gasteiger partial charge is 0.539 e. The van der Waals surface area contributed by atoms with E-state index in [0.717, 1.165) is 44.1 Å². The first-order valence-electron chi connectivity index (χ1n) is 12.7. The van der Waals surface area contributed by atoms with Gasteiger partial charge in [-0.1, -0.05) is 44.2 Å². The van der Waals surface area contributed by atoms with E-state index in [4.69, 9.17) is 24.6 Å². The van der Waals surface area contributed by atoms with Crippen LogP contribution in [0.15, 0.2) is 5.16 Å². The van der Waals surface area contributed by atoms with Crippen molar-refractivity contribution in [2.75, 3.05) is 27.2 Å². The zero-order chi connectivity index (χ0) is 24.5. The fraction of sp³-hybridized carbons (Fsp3) is 0.880. The Balaban J connectivity index is 0.000000569. The van der Waals surface area contributed by atoms with Crippen LogP contribution in [0.1, 0.15) is 84.0 Å². The molecule has 3 rings (SSSR count). The number of quaternary nitrogens is 1. The zero-order valence-corrected chi connectivity index (χ0v) is 20.7. The van der Waals surface area contributed by atoms with Crippen molar-refractivity contribution in [3.63, 3.8) is 0 Å². The summed E-state index contributed by atoms with van der Waals surface area (Å²) in [5.74, 6) is -1.71. The van der Waals surface area contributed by atoms with E-state index in [9.17, 15) is 5.11 Å². The Bertz CT molecular complexity index is 651. The van der Waals surface area contributed by atoms with E-state index in [1.165, 1.54) is 56.3 Å². The third-order valence-electron chi connectivity index (χ3n) is 8.48. The Kier molecular flexibility index (Phi) is 10.6. The molecule has 3 aliphatic carbocycles. The third kappa shape index (κ3) is 7.67. The van der Waals surface area contributed by atoms with E-state index in [1.54, 1.807) is 0 Å². The van der Waals surface area contributed by atoms with E-state index in [0.29, 0.717) is 12.5 Å². The molecule has 33 heavy (non-hydrogen) atoms. The Labute approximate surface area is 198 Å². The predicted molar refractivity (Wildman–Crippen MR) is 124 cm³/mol. The summed E-state index contributed by atoms with van der Waals surface area (Å²) in [6, 6.07) is 0. The second-order valence-electron chi connectivity index (χ2n) is 10.8. The maximum Gasteiger partial charge on any atom is 0.351 e. The standard InChI is InChI=1S/C23H42N2O2.C2H2O4/c1-22-13-11-20(19-8-5-4-6-9-19)18-23(22,26)14-12-21(22)10-7-15-24-27-17-16-25(2)3;3-1(4)2(5)6/h15,19-21,26H,4-14,16-18H2,1-3H3;(H,3,4)(H,5,6)/b24-15+;/t20-,21-,22+,23-;/m0./s1. The summed E-state index contributed by atoms with van der Waals surface area (Å²) in [6.07, 6.45) is 16.9. The number of oxime groups is 1. The van der Waals surface area contributed by atoms with Crippen LogP contribution >= 0.6 is 0 Å². The number of fused-ring (bicyclic) bond motifs is 1. The number of carboxylic acid groups (broad SMARTS) is 2. The molecule has 0 bridgehead atoms. The monoisotopic (exact) mass is 468 g/mol. The number of hydrogen-bond acceptors (Lipinski definition) is 6. The van der Waals surface area contributed by atoms with Crippen molar-refractivity contribution in [1.29, 1.82) is 0 Å². The number of hydrogen-bond donors (Lipinski definition) is 3. The van der Waals surface area contributed by atoms with Gasteiger partial charge in [-0.25, -0.2) is 4.79 Å². The number of nitrogens with zero attached hydrogens (tertiary/aromatic N) is 1. The number of carbonyl (C=O) groups excluding carboxylic acids is 1. The summed E-state index contributed by atoms with van der Waals surface area (Å²) in [7, 11) is 4.25. The van der Waals surface area contributed by atoms with Gasteiger partial charge in [0.05, 0.1) is 19.7 Å². The lowest BCUT2D eigenvalue weighted by Crippen LogP contribution is -3.06. The summed E-state index contributed by atoms with van der Waals surface area (Å²) in [5.41, 5.74) is -0.304. The number of aliphatic hydroxyl groups is 1. The maximum absolute atomic E-state index is 11.6. The van der Waals surface area contributed by atoms with Crippen molar-refractivity contribution in [3.8, 4) is 0 Å². The first-order valence-corrected chi connectivity index (χ1v) is 12.7. The number of carboxylic acids is 2. The van der Waals surface area contributed by atoms with Gasteiger partial charge in [-0.3, -0.25) is 0 Å². The number of nitrogens with one attached hydrogen (secondary N) is 1. The molecule has 0 radical (unpaired) electrons. The van der Waals surface area contributed by atoms with E-state index < -0.39 is 17.5 Å². The van der Waals surface area contributed by atoms with E-state index in [2.05, 4.69) is 26.2 Å². The van der Waals surface area contributed by atoms with Gasteiger partial charge in [0.25, 0.3) is 0 Å². The summed E-state index contributed by atoms with van der Waals surface area (Å²) in [5, 5.41) is 32.0. The quantitative estimate of drug-likeness (QED) is 0.213. The molecule has 8 nitrogen and oxygen atoms in total. The maximum atomic E-state index is 11.6. The van der Waals surface area contributed by atoms with E-state index >= 15 is 0 Å². The molecule has 8 heteroatoms. The molecule has 0 aromatic carbocycles. The molecule has 0 amide bonds. The van der Waals surface area contributed by atoms with Crippen molar-refractivity contribution in [2.45, 2.75) is 89.6 Å². The van der Waals surface area contributed by atoms with Crippen LogP contribution in [0.4, 0.5) is 0 Å². The number of aliphatic carboxylic acids is 2. The molecule has 0 heterocycles. The Morgan fingerprint density at radius 1 is 1.12 bits per heavy atom. The number of likely N-dealkylation sites (N-methyl/N-ethyl adjacent to an activating group) is 1. The Hall–Kier alpha value is -1.67. The second kappa shape index (κ2) is 12.7. The minimum Gasteiger partial charge on any atom is -0.539 e. The van der Waals surface area contributed by atoms with Gasteiger partial charge in [-0.05, 0) is 68.1 Å². The fourth-order valence-electron chi connectivity index (χ4n) is 6.34. The van der Waals surface area contributed by atoms with Crippen LogP contribution in [0.25, 0.3) is 0 Å². The second-order valence-corrected chi connectivity index (χ2v) is 10.8. The molecule has 190 valence electrons. The van der Waals surface area contributed by atoms with Gasteiger partial charge in [0.1, 0.15) is 6.54 Å². The van der Waals surface area contributed by atoms with Gasteiger partial charge in [0, 0.05) is 6.21 Å². The summed E-state index contributed by atoms with van der Waals surface area (Å²) >= 11 is 0. The van der Waals surface area contributed by atoms with Crippen LogP contribution in [0, 0.1) is 23.2 Å². The Morgan fingerprint density at radius 3 is 2.39 bits per heavy atom. The van der Waals surface area contributed by atoms with Gasteiger partial charge < -0.3 is 29.9 Å². The lowest BCUT2D eigenvalue weighted by Gasteiger charge is -2.51. The van der Waals surface area contributed by atoms with E-state index in [1.807, 2.05) is 6.21 Å². The van der Waals surface area contributed by atoms with Crippen LogP contribution in [0.5, 0.6) is 0 Å². The lowest BCUT2D eigenvalue weighted by molar-refractivity contribution is -0.858. The highest BCUT2D eigenvalue weighted by Crippen LogP contribution is 2.61. The third-order valence-corrected chi connectivity index (χ3v) is 8.48.